The Balaban J connectivity index is 2.16. The molecule has 0 radical (unpaired) electrons. The molecule has 102 valence electrons. The lowest BCUT2D eigenvalue weighted by atomic mass is 10.1. The molecule has 0 unspecified atom stereocenters. The van der Waals surface area contributed by atoms with Crippen LogP contribution in [0.2, 0.25) is 0 Å². The molecule has 4 heteroatoms. The monoisotopic (exact) mass is 271 g/mol. The molecule has 3 nitrogen and oxygen atoms in total. The maximum Gasteiger partial charge on any atom is 0.343 e. The highest BCUT2D eigenvalue weighted by Crippen LogP contribution is 2.23. The zero-order valence-corrected chi connectivity index (χ0v) is 11.1. The van der Waals surface area contributed by atoms with Gasteiger partial charge in [-0.25, -0.2) is 9.18 Å². The number of rotatable bonds is 4. The van der Waals surface area contributed by atoms with E-state index in [9.17, 15) is 9.18 Å². The first-order valence-electron chi connectivity index (χ1n) is 6.21. The van der Waals surface area contributed by atoms with Crippen LogP contribution < -0.4 is 4.74 Å². The molecule has 2 rings (SSSR count). The van der Waals surface area contributed by atoms with Gasteiger partial charge in [0.1, 0.15) is 0 Å². The van der Waals surface area contributed by atoms with Gasteiger partial charge in [0.25, 0.3) is 0 Å². The van der Waals surface area contributed by atoms with E-state index in [0.717, 1.165) is 18.1 Å². The summed E-state index contributed by atoms with van der Waals surface area (Å²) in [4.78, 5) is 15.5. The minimum Gasteiger partial charge on any atom is -0.420 e. The number of hydrogen-bond donors (Lipinski definition) is 0. The van der Waals surface area contributed by atoms with Crippen molar-refractivity contribution in [1.29, 1.82) is 0 Å². The summed E-state index contributed by atoms with van der Waals surface area (Å²) in [6.07, 6.45) is 0.889. The fourth-order valence-corrected chi connectivity index (χ4v) is 1.71. The number of ether oxygens (including phenoxy) is 1. The molecule has 0 saturated heterocycles. The Kier molecular flexibility index (Phi) is 4.25. The summed E-state index contributed by atoms with van der Waals surface area (Å²) >= 11 is 0. The number of carbonyl (C=O) groups excluding carboxylic acids is 1. The molecule has 0 bridgehead atoms. The second-order valence-corrected chi connectivity index (χ2v) is 4.21. The highest BCUT2D eigenvalue weighted by molar-refractivity contribution is 5.91. The molecule has 0 aliphatic rings. The molecule has 0 fully saturated rings. The van der Waals surface area contributed by atoms with Crippen LogP contribution in [0.15, 0.2) is 47.5 Å². The molecule has 0 saturated carbocycles. The lowest BCUT2D eigenvalue weighted by Gasteiger charge is -2.06. The van der Waals surface area contributed by atoms with Gasteiger partial charge in [-0.1, -0.05) is 19.1 Å². The Hall–Kier alpha value is -2.49. The highest BCUT2D eigenvalue weighted by Gasteiger charge is 2.12. The van der Waals surface area contributed by atoms with E-state index in [4.69, 9.17) is 4.74 Å². The second-order valence-electron chi connectivity index (χ2n) is 4.21. The average molecular weight is 271 g/mol. The molecule has 0 aliphatic heterocycles. The summed E-state index contributed by atoms with van der Waals surface area (Å²) in [7, 11) is 0. The third kappa shape index (κ3) is 3.09. The SMILES string of the molecule is C=Nc1ccc(OC(=O)c2ccc(CC)cc2)c(F)c1. The van der Waals surface area contributed by atoms with E-state index < -0.39 is 11.8 Å². The highest BCUT2D eigenvalue weighted by atomic mass is 19.1. The molecule has 0 N–H and O–H groups in total. The van der Waals surface area contributed by atoms with Gasteiger partial charge >= 0.3 is 5.97 Å². The minimum atomic E-state index is -0.645. The lowest BCUT2D eigenvalue weighted by Crippen LogP contribution is -2.09. The first kappa shape index (κ1) is 13.9. The zero-order chi connectivity index (χ0) is 14.5. The number of aliphatic imine (C=N–C) groups is 1. The first-order chi connectivity index (χ1) is 9.63. The van der Waals surface area contributed by atoms with Gasteiger partial charge in [-0.2, -0.15) is 0 Å². The summed E-state index contributed by atoms with van der Waals surface area (Å²) in [6.45, 7) is 5.33. The van der Waals surface area contributed by atoms with E-state index in [-0.39, 0.29) is 5.75 Å². The number of nitrogens with zero attached hydrogens (tertiary/aromatic N) is 1. The maximum absolute atomic E-state index is 13.7. The number of carbonyl (C=O) groups is 1. The Morgan fingerprint density at radius 1 is 1.25 bits per heavy atom. The fraction of sp³-hybridized carbons (Fsp3) is 0.125. The zero-order valence-electron chi connectivity index (χ0n) is 11.1. The summed E-state index contributed by atoms with van der Waals surface area (Å²) in [6, 6.07) is 11.1. The van der Waals surface area contributed by atoms with Gasteiger partial charge in [-0.15, -0.1) is 0 Å². The van der Waals surface area contributed by atoms with Gasteiger partial charge in [0, 0.05) is 6.07 Å². The van der Waals surface area contributed by atoms with E-state index in [0.29, 0.717) is 11.3 Å². The predicted octanol–water partition coefficient (Wildman–Crippen LogP) is 3.94. The van der Waals surface area contributed by atoms with Crippen molar-refractivity contribution in [1.82, 2.24) is 0 Å². The predicted molar refractivity (Wildman–Crippen MR) is 76.4 cm³/mol. The Morgan fingerprint density at radius 2 is 1.95 bits per heavy atom. The third-order valence-corrected chi connectivity index (χ3v) is 2.90. The molecule has 20 heavy (non-hydrogen) atoms. The van der Waals surface area contributed by atoms with Crippen LogP contribution in [0.3, 0.4) is 0 Å². The smallest absolute Gasteiger partial charge is 0.343 e. The number of halogens is 1. The fourth-order valence-electron chi connectivity index (χ4n) is 1.71. The summed E-state index contributed by atoms with van der Waals surface area (Å²) in [5, 5.41) is 0. The second kappa shape index (κ2) is 6.10. The van der Waals surface area contributed by atoms with E-state index >= 15 is 0 Å². The van der Waals surface area contributed by atoms with Gasteiger partial charge in [0.15, 0.2) is 11.6 Å². The van der Waals surface area contributed by atoms with Crippen LogP contribution >= 0.6 is 0 Å². The molecule has 0 atom stereocenters. The molecule has 0 aromatic heterocycles. The topological polar surface area (TPSA) is 38.7 Å². The molecule has 0 amide bonds. The lowest BCUT2D eigenvalue weighted by molar-refractivity contribution is 0.0728. The van der Waals surface area contributed by atoms with E-state index in [1.54, 1.807) is 12.1 Å². The van der Waals surface area contributed by atoms with Crippen molar-refractivity contribution in [2.45, 2.75) is 13.3 Å². The minimum absolute atomic E-state index is 0.123. The number of hydrogen-bond acceptors (Lipinski definition) is 3. The van der Waals surface area contributed by atoms with Crippen molar-refractivity contribution >= 4 is 18.4 Å². The van der Waals surface area contributed by atoms with Gasteiger partial charge in [0.2, 0.25) is 0 Å². The average Bonchev–Trinajstić information content (AvgIpc) is 2.49. The van der Waals surface area contributed by atoms with E-state index in [2.05, 4.69) is 11.7 Å². The molecule has 0 heterocycles. The van der Waals surface area contributed by atoms with Crippen molar-refractivity contribution < 1.29 is 13.9 Å². The number of aryl methyl sites for hydroxylation is 1. The largest absolute Gasteiger partial charge is 0.420 e. The van der Waals surface area contributed by atoms with E-state index in [1.807, 2.05) is 19.1 Å². The quantitative estimate of drug-likeness (QED) is 0.480. The standard InChI is InChI=1S/C16H14FNO2/c1-3-11-4-6-12(7-5-11)16(19)20-15-9-8-13(18-2)10-14(15)17/h4-10H,2-3H2,1H3. The van der Waals surface area contributed by atoms with Crippen molar-refractivity contribution in [2.24, 2.45) is 4.99 Å². The number of esters is 1. The van der Waals surface area contributed by atoms with Gasteiger partial charge in [-0.05, 0) is 43.0 Å². The first-order valence-corrected chi connectivity index (χ1v) is 6.21. The van der Waals surface area contributed by atoms with Gasteiger partial charge in [0.05, 0.1) is 11.3 Å². The van der Waals surface area contributed by atoms with Crippen LogP contribution in [0.1, 0.15) is 22.8 Å². The molecular weight excluding hydrogens is 257 g/mol. The van der Waals surface area contributed by atoms with Crippen molar-refractivity contribution in [3.8, 4) is 5.75 Å². The van der Waals surface area contributed by atoms with Crippen LogP contribution in [0.5, 0.6) is 5.75 Å². The normalized spacial score (nSPS) is 10.1. The van der Waals surface area contributed by atoms with Gasteiger partial charge < -0.3 is 4.74 Å². The Bertz CT molecular complexity index is 635. The van der Waals surface area contributed by atoms with Crippen molar-refractivity contribution in [3.05, 3.63) is 59.4 Å². The summed E-state index contributed by atoms with van der Waals surface area (Å²) in [5.74, 6) is -1.36. The summed E-state index contributed by atoms with van der Waals surface area (Å²) < 4.78 is 18.7. The van der Waals surface area contributed by atoms with Crippen LogP contribution in [0.4, 0.5) is 10.1 Å². The van der Waals surface area contributed by atoms with Crippen LogP contribution in [0, 0.1) is 5.82 Å². The van der Waals surface area contributed by atoms with Crippen molar-refractivity contribution in [3.63, 3.8) is 0 Å². The molecule has 0 aliphatic carbocycles. The Morgan fingerprint density at radius 3 is 2.50 bits per heavy atom. The third-order valence-electron chi connectivity index (χ3n) is 2.90. The molecule has 2 aromatic carbocycles. The van der Waals surface area contributed by atoms with Crippen LogP contribution in [-0.4, -0.2) is 12.7 Å². The van der Waals surface area contributed by atoms with E-state index in [1.165, 1.54) is 12.1 Å². The summed E-state index contributed by atoms with van der Waals surface area (Å²) in [5.41, 5.74) is 1.89. The van der Waals surface area contributed by atoms with Crippen LogP contribution in [0.25, 0.3) is 0 Å². The molecule has 2 aromatic rings. The van der Waals surface area contributed by atoms with Gasteiger partial charge in [-0.3, -0.25) is 4.99 Å². The number of benzene rings is 2. The molecule has 0 spiro atoms. The Labute approximate surface area is 116 Å². The van der Waals surface area contributed by atoms with Crippen LogP contribution in [-0.2, 0) is 6.42 Å². The maximum atomic E-state index is 13.7. The molecular formula is C16H14FNO2. The van der Waals surface area contributed by atoms with Crippen molar-refractivity contribution in [2.75, 3.05) is 0 Å².